The van der Waals surface area contributed by atoms with Crippen LogP contribution in [0, 0.1) is 0 Å². The Bertz CT molecular complexity index is 1270. The van der Waals surface area contributed by atoms with E-state index in [4.69, 9.17) is 0 Å². The number of aromatic hydroxyl groups is 1. The molecule has 3 aromatic carbocycles. The van der Waals surface area contributed by atoms with Crippen LogP contribution in [0.3, 0.4) is 0 Å². The molecule has 0 aromatic heterocycles. The van der Waals surface area contributed by atoms with Crippen molar-refractivity contribution in [2.75, 3.05) is 11.4 Å². The fraction of sp³-hybridized carbons (Fsp3) is 0.130. The summed E-state index contributed by atoms with van der Waals surface area (Å²) in [4.78, 5) is 12.6. The summed E-state index contributed by atoms with van der Waals surface area (Å²) in [6.07, 6.45) is 1.33. The van der Waals surface area contributed by atoms with Crippen molar-refractivity contribution in [1.82, 2.24) is 5.43 Å². The summed E-state index contributed by atoms with van der Waals surface area (Å²) in [7, 11) is -2.37. The third kappa shape index (κ3) is 4.02. The molecule has 31 heavy (non-hydrogen) atoms. The summed E-state index contributed by atoms with van der Waals surface area (Å²) in [5, 5.41) is 14.3. The molecule has 0 unspecified atom stereocenters. The molecule has 3 aromatic rings. The van der Waals surface area contributed by atoms with Crippen molar-refractivity contribution in [2.45, 2.75) is 17.7 Å². The Hall–Kier alpha value is -3.65. The van der Waals surface area contributed by atoms with Gasteiger partial charge in [0.25, 0.3) is 15.9 Å². The Morgan fingerprint density at radius 1 is 1.00 bits per heavy atom. The van der Waals surface area contributed by atoms with Crippen LogP contribution < -0.4 is 9.73 Å². The number of sulfonamides is 1. The van der Waals surface area contributed by atoms with Crippen LogP contribution in [0.1, 0.15) is 27.9 Å². The van der Waals surface area contributed by atoms with E-state index < -0.39 is 15.9 Å². The second kappa shape index (κ2) is 8.23. The van der Waals surface area contributed by atoms with Gasteiger partial charge >= 0.3 is 0 Å². The molecule has 0 radical (unpaired) electrons. The summed E-state index contributed by atoms with van der Waals surface area (Å²) >= 11 is 0. The molecule has 0 fully saturated rings. The topological polar surface area (TPSA) is 99.1 Å². The van der Waals surface area contributed by atoms with Gasteiger partial charge in [0.2, 0.25) is 0 Å². The number of benzene rings is 3. The number of aryl methyl sites for hydroxylation is 1. The van der Waals surface area contributed by atoms with Crippen LogP contribution in [-0.2, 0) is 16.4 Å². The number of carbonyl (C=O) groups is 1. The van der Waals surface area contributed by atoms with Gasteiger partial charge in [-0.2, -0.15) is 5.10 Å². The van der Waals surface area contributed by atoms with E-state index in [9.17, 15) is 18.3 Å². The first-order valence-corrected chi connectivity index (χ1v) is 11.1. The third-order valence-electron chi connectivity index (χ3n) is 5.22. The van der Waals surface area contributed by atoms with Gasteiger partial charge < -0.3 is 5.11 Å². The Morgan fingerprint density at radius 3 is 2.52 bits per heavy atom. The van der Waals surface area contributed by atoms with Gasteiger partial charge in [0.05, 0.1) is 16.3 Å². The minimum absolute atomic E-state index is 0.00279. The van der Waals surface area contributed by atoms with Crippen LogP contribution >= 0.6 is 0 Å². The average Bonchev–Trinajstić information content (AvgIpc) is 3.22. The molecule has 0 saturated carbocycles. The maximum atomic E-state index is 13.0. The zero-order valence-electron chi connectivity index (χ0n) is 16.8. The molecular weight excluding hydrogens is 414 g/mol. The number of nitrogens with zero attached hydrogens (tertiary/aromatic N) is 2. The molecular formula is C23H21N3O4S. The van der Waals surface area contributed by atoms with Crippen molar-refractivity contribution in [3.05, 3.63) is 89.5 Å². The van der Waals surface area contributed by atoms with Gasteiger partial charge in [-0.1, -0.05) is 36.4 Å². The van der Waals surface area contributed by atoms with Gasteiger partial charge in [0.1, 0.15) is 5.75 Å². The van der Waals surface area contributed by atoms with Crippen LogP contribution in [0.4, 0.5) is 5.69 Å². The molecule has 0 heterocycles. The molecule has 1 aliphatic carbocycles. The highest BCUT2D eigenvalue weighted by molar-refractivity contribution is 7.92. The van der Waals surface area contributed by atoms with E-state index in [1.165, 1.54) is 35.6 Å². The van der Waals surface area contributed by atoms with Crippen molar-refractivity contribution in [3.63, 3.8) is 0 Å². The van der Waals surface area contributed by atoms with Gasteiger partial charge in [0, 0.05) is 18.2 Å². The van der Waals surface area contributed by atoms with Gasteiger partial charge in [-0.05, 0) is 54.8 Å². The van der Waals surface area contributed by atoms with Crippen molar-refractivity contribution >= 4 is 27.3 Å². The highest BCUT2D eigenvalue weighted by atomic mass is 32.2. The fourth-order valence-electron chi connectivity index (χ4n) is 3.53. The van der Waals surface area contributed by atoms with Crippen LogP contribution in [0.5, 0.6) is 5.75 Å². The number of hydrogen-bond acceptors (Lipinski definition) is 5. The number of hydrogen-bond donors (Lipinski definition) is 2. The maximum absolute atomic E-state index is 13.0. The number of hydrazone groups is 1. The molecule has 1 amide bonds. The van der Waals surface area contributed by atoms with Crippen molar-refractivity contribution < 1.29 is 18.3 Å². The van der Waals surface area contributed by atoms with Crippen LogP contribution in [0.25, 0.3) is 0 Å². The number of carbonyl (C=O) groups excluding carboxylic acids is 1. The molecule has 0 bridgehead atoms. The number of rotatable bonds is 5. The van der Waals surface area contributed by atoms with E-state index in [0.717, 1.165) is 12.0 Å². The smallest absolute Gasteiger partial charge is 0.271 e. The predicted octanol–water partition coefficient (Wildman–Crippen LogP) is 3.30. The van der Waals surface area contributed by atoms with Crippen molar-refractivity contribution in [3.8, 4) is 5.75 Å². The lowest BCUT2D eigenvalue weighted by molar-refractivity contribution is 0.0954. The summed E-state index contributed by atoms with van der Waals surface area (Å²) < 4.78 is 27.1. The summed E-state index contributed by atoms with van der Waals surface area (Å²) in [5.41, 5.74) is 5.37. The highest BCUT2D eigenvalue weighted by Gasteiger charge is 2.23. The third-order valence-corrected chi connectivity index (χ3v) is 7.00. The Kier molecular flexibility index (Phi) is 5.48. The lowest BCUT2D eigenvalue weighted by Gasteiger charge is -2.19. The first-order chi connectivity index (χ1) is 14.9. The first-order valence-electron chi connectivity index (χ1n) is 9.70. The number of nitrogens with one attached hydrogen (secondary N) is 1. The van der Waals surface area contributed by atoms with Gasteiger partial charge in [-0.3, -0.25) is 9.10 Å². The lowest BCUT2D eigenvalue weighted by atomic mass is 10.1. The largest absolute Gasteiger partial charge is 0.507 e. The molecule has 4 rings (SSSR count). The Labute approximate surface area is 180 Å². The standard InChI is InChI=1S/C23H21N3O4S/c1-26(18-9-3-2-4-10-18)31(29,30)19-11-5-8-17(15-19)23(28)25-24-20-14-13-16-7-6-12-21(27)22(16)20/h2-12,15,27H,13-14H2,1H3,(H,25,28)/b24-20+. The predicted molar refractivity (Wildman–Crippen MR) is 119 cm³/mol. The van der Waals surface area contributed by atoms with Crippen molar-refractivity contribution in [1.29, 1.82) is 0 Å². The highest BCUT2D eigenvalue weighted by Crippen LogP contribution is 2.30. The molecule has 0 atom stereocenters. The molecule has 158 valence electrons. The second-order valence-electron chi connectivity index (χ2n) is 7.15. The quantitative estimate of drug-likeness (QED) is 0.601. The number of para-hydroxylation sites is 1. The number of phenols is 1. The summed E-state index contributed by atoms with van der Waals surface area (Å²) in [6, 6.07) is 19.8. The fourth-order valence-corrected chi connectivity index (χ4v) is 4.78. The monoisotopic (exact) mass is 435 g/mol. The second-order valence-corrected chi connectivity index (χ2v) is 9.12. The average molecular weight is 436 g/mol. The van der Waals surface area contributed by atoms with Gasteiger partial charge in [0.15, 0.2) is 0 Å². The molecule has 1 aliphatic rings. The van der Waals surface area contributed by atoms with E-state index in [-0.39, 0.29) is 16.2 Å². The minimum atomic E-state index is -3.84. The molecule has 0 aliphatic heterocycles. The molecule has 2 N–H and O–H groups in total. The van der Waals surface area contributed by atoms with Crippen molar-refractivity contribution in [2.24, 2.45) is 5.10 Å². The number of phenolic OH excluding ortho intramolecular Hbond substituents is 1. The zero-order chi connectivity index (χ0) is 22.0. The Balaban J connectivity index is 1.56. The van der Waals surface area contributed by atoms with Gasteiger partial charge in [-0.15, -0.1) is 0 Å². The first kappa shape index (κ1) is 20.6. The number of fused-ring (bicyclic) bond motifs is 1. The van der Waals surface area contributed by atoms with E-state index in [1.807, 2.05) is 6.07 Å². The minimum Gasteiger partial charge on any atom is -0.507 e. The Morgan fingerprint density at radius 2 is 1.74 bits per heavy atom. The lowest BCUT2D eigenvalue weighted by Crippen LogP contribution is -2.27. The van der Waals surface area contributed by atoms with Crippen LogP contribution in [-0.4, -0.2) is 32.2 Å². The number of amides is 1. The van der Waals surface area contributed by atoms with E-state index in [1.54, 1.807) is 42.5 Å². The molecule has 0 spiro atoms. The van der Waals surface area contributed by atoms with Crippen LogP contribution in [0.15, 0.2) is 82.8 Å². The summed E-state index contributed by atoms with van der Waals surface area (Å²) in [5.74, 6) is -0.407. The van der Waals surface area contributed by atoms with E-state index >= 15 is 0 Å². The SMILES string of the molecule is CN(c1ccccc1)S(=O)(=O)c1cccc(C(=O)N/N=C2\CCc3cccc(O)c32)c1. The van der Waals surface area contributed by atoms with E-state index in [2.05, 4.69) is 10.5 Å². The van der Waals surface area contributed by atoms with E-state index in [0.29, 0.717) is 23.4 Å². The molecule has 7 nitrogen and oxygen atoms in total. The maximum Gasteiger partial charge on any atom is 0.271 e. The normalized spacial score (nSPS) is 14.3. The van der Waals surface area contributed by atoms with Crippen LogP contribution in [0.2, 0.25) is 0 Å². The molecule has 8 heteroatoms. The summed E-state index contributed by atoms with van der Waals surface area (Å²) in [6.45, 7) is 0. The number of anilines is 1. The molecule has 0 saturated heterocycles. The van der Waals surface area contributed by atoms with Gasteiger partial charge in [-0.25, -0.2) is 13.8 Å². The zero-order valence-corrected chi connectivity index (χ0v) is 17.6.